The van der Waals surface area contributed by atoms with E-state index in [0.717, 1.165) is 5.56 Å². The number of benzene rings is 1. The lowest BCUT2D eigenvalue weighted by Crippen LogP contribution is -2.25. The summed E-state index contributed by atoms with van der Waals surface area (Å²) in [7, 11) is 3.66. The summed E-state index contributed by atoms with van der Waals surface area (Å²) in [5.41, 5.74) is 1.73. The van der Waals surface area contributed by atoms with Gasteiger partial charge in [0, 0.05) is 38.0 Å². The number of carbonyl (C=O) groups excluding carboxylic acids is 1. The molecule has 0 saturated heterocycles. The van der Waals surface area contributed by atoms with Crippen LogP contribution in [0, 0.1) is 0 Å². The van der Waals surface area contributed by atoms with Crippen LogP contribution < -0.4 is 0 Å². The summed E-state index contributed by atoms with van der Waals surface area (Å²) in [5, 5.41) is 4.08. The van der Waals surface area contributed by atoms with Crippen molar-refractivity contribution >= 4 is 5.91 Å². The van der Waals surface area contributed by atoms with Crippen molar-refractivity contribution in [3.8, 4) is 0 Å². The molecule has 1 amide bonds. The van der Waals surface area contributed by atoms with Crippen molar-refractivity contribution in [2.75, 3.05) is 7.05 Å². The number of amides is 1. The highest BCUT2D eigenvalue weighted by Crippen LogP contribution is 2.07. The molecule has 0 radical (unpaired) electrons. The zero-order chi connectivity index (χ0) is 12.3. The molecule has 88 valence electrons. The standard InChI is InChI=1S/C13H15N3O/c1-15(9-11-8-14-16(2)10-11)13(17)12-6-4-3-5-7-12/h3-8,10H,9H2,1-2H3. The second kappa shape index (κ2) is 4.82. The molecule has 0 bridgehead atoms. The van der Waals surface area contributed by atoms with Crippen molar-refractivity contribution in [1.29, 1.82) is 0 Å². The van der Waals surface area contributed by atoms with Gasteiger partial charge in [0.05, 0.1) is 6.20 Å². The number of aromatic nitrogens is 2. The van der Waals surface area contributed by atoms with Crippen LogP contribution in [0.1, 0.15) is 15.9 Å². The highest BCUT2D eigenvalue weighted by Gasteiger charge is 2.11. The van der Waals surface area contributed by atoms with E-state index in [2.05, 4.69) is 5.10 Å². The van der Waals surface area contributed by atoms with Crippen LogP contribution in [0.25, 0.3) is 0 Å². The van der Waals surface area contributed by atoms with Gasteiger partial charge in [-0.2, -0.15) is 5.10 Å². The Labute approximate surface area is 100 Å². The van der Waals surface area contributed by atoms with E-state index < -0.39 is 0 Å². The van der Waals surface area contributed by atoms with E-state index in [4.69, 9.17) is 0 Å². The van der Waals surface area contributed by atoms with Gasteiger partial charge in [0.1, 0.15) is 0 Å². The first-order valence-electron chi connectivity index (χ1n) is 5.45. The molecule has 1 aromatic heterocycles. The molecule has 0 aliphatic rings. The summed E-state index contributed by atoms with van der Waals surface area (Å²) in [6.07, 6.45) is 3.68. The highest BCUT2D eigenvalue weighted by atomic mass is 16.2. The quantitative estimate of drug-likeness (QED) is 0.803. The first-order chi connectivity index (χ1) is 8.16. The van der Waals surface area contributed by atoms with Crippen molar-refractivity contribution in [2.45, 2.75) is 6.54 Å². The summed E-state index contributed by atoms with van der Waals surface area (Å²) in [6, 6.07) is 9.28. The summed E-state index contributed by atoms with van der Waals surface area (Å²) in [5.74, 6) is 0.0226. The lowest BCUT2D eigenvalue weighted by Gasteiger charge is -2.16. The predicted molar refractivity (Wildman–Crippen MR) is 65.4 cm³/mol. The monoisotopic (exact) mass is 229 g/mol. The number of aryl methyl sites for hydroxylation is 1. The van der Waals surface area contributed by atoms with Crippen LogP contribution in [0.4, 0.5) is 0 Å². The molecule has 2 aromatic rings. The van der Waals surface area contributed by atoms with Crippen LogP contribution in [-0.2, 0) is 13.6 Å². The fraction of sp³-hybridized carbons (Fsp3) is 0.231. The first kappa shape index (κ1) is 11.4. The second-order valence-corrected chi connectivity index (χ2v) is 4.05. The largest absolute Gasteiger partial charge is 0.337 e. The van der Waals surface area contributed by atoms with Crippen molar-refractivity contribution < 1.29 is 4.79 Å². The third kappa shape index (κ3) is 2.72. The Hall–Kier alpha value is -2.10. The fourth-order valence-electron chi connectivity index (χ4n) is 1.70. The van der Waals surface area contributed by atoms with Gasteiger partial charge in [-0.15, -0.1) is 0 Å². The van der Waals surface area contributed by atoms with E-state index in [9.17, 15) is 4.79 Å². The molecule has 1 heterocycles. The van der Waals surface area contributed by atoms with Crippen molar-refractivity contribution in [1.82, 2.24) is 14.7 Å². The molecule has 4 nitrogen and oxygen atoms in total. The molecule has 0 aliphatic carbocycles. The first-order valence-corrected chi connectivity index (χ1v) is 5.45. The molecule has 0 fully saturated rings. The Bertz CT molecular complexity index is 504. The Kier molecular flexibility index (Phi) is 3.23. The highest BCUT2D eigenvalue weighted by molar-refractivity contribution is 5.93. The summed E-state index contributed by atoms with van der Waals surface area (Å²) in [4.78, 5) is 13.7. The molecule has 2 rings (SSSR count). The van der Waals surface area contributed by atoms with Gasteiger partial charge in [-0.25, -0.2) is 0 Å². The minimum Gasteiger partial charge on any atom is -0.337 e. The van der Waals surface area contributed by atoms with E-state index in [1.807, 2.05) is 43.6 Å². The van der Waals surface area contributed by atoms with E-state index in [1.54, 1.807) is 22.8 Å². The lowest BCUT2D eigenvalue weighted by atomic mass is 10.2. The maximum atomic E-state index is 12.1. The van der Waals surface area contributed by atoms with Crippen molar-refractivity contribution in [3.05, 3.63) is 53.9 Å². The lowest BCUT2D eigenvalue weighted by molar-refractivity contribution is 0.0785. The minimum atomic E-state index is 0.0226. The van der Waals surface area contributed by atoms with Gasteiger partial charge < -0.3 is 4.90 Å². The van der Waals surface area contributed by atoms with Gasteiger partial charge in [0.2, 0.25) is 0 Å². The molecule has 4 heteroatoms. The zero-order valence-corrected chi connectivity index (χ0v) is 10.00. The van der Waals surface area contributed by atoms with Gasteiger partial charge in [-0.3, -0.25) is 9.48 Å². The fourth-order valence-corrected chi connectivity index (χ4v) is 1.70. The van der Waals surface area contributed by atoms with E-state index in [1.165, 1.54) is 0 Å². The summed E-state index contributed by atoms with van der Waals surface area (Å²) < 4.78 is 1.73. The molecule has 0 aliphatic heterocycles. The van der Waals surface area contributed by atoms with Crippen molar-refractivity contribution in [2.24, 2.45) is 7.05 Å². The normalized spacial score (nSPS) is 10.2. The molecular weight excluding hydrogens is 214 g/mol. The Morgan fingerprint density at radius 2 is 2.06 bits per heavy atom. The smallest absolute Gasteiger partial charge is 0.253 e. The van der Waals surface area contributed by atoms with Gasteiger partial charge in [-0.05, 0) is 12.1 Å². The predicted octanol–water partition coefficient (Wildman–Crippen LogP) is 1.69. The molecule has 0 unspecified atom stereocenters. The van der Waals surface area contributed by atoms with E-state index in [-0.39, 0.29) is 5.91 Å². The third-order valence-corrected chi connectivity index (χ3v) is 2.55. The van der Waals surface area contributed by atoms with Crippen molar-refractivity contribution in [3.63, 3.8) is 0 Å². The summed E-state index contributed by atoms with van der Waals surface area (Å²) in [6.45, 7) is 0.571. The van der Waals surface area contributed by atoms with Crippen LogP contribution >= 0.6 is 0 Å². The van der Waals surface area contributed by atoms with Crippen LogP contribution in [0.15, 0.2) is 42.7 Å². The van der Waals surface area contributed by atoms with Crippen LogP contribution in [0.3, 0.4) is 0 Å². The van der Waals surface area contributed by atoms with Gasteiger partial charge in [0.25, 0.3) is 5.91 Å². The molecule has 0 atom stereocenters. The van der Waals surface area contributed by atoms with E-state index in [0.29, 0.717) is 12.1 Å². The number of hydrogen-bond acceptors (Lipinski definition) is 2. The van der Waals surface area contributed by atoms with Crippen LogP contribution in [0.2, 0.25) is 0 Å². The number of carbonyl (C=O) groups is 1. The molecule has 17 heavy (non-hydrogen) atoms. The number of nitrogens with zero attached hydrogens (tertiary/aromatic N) is 3. The maximum Gasteiger partial charge on any atom is 0.253 e. The van der Waals surface area contributed by atoms with Gasteiger partial charge >= 0.3 is 0 Å². The average Bonchev–Trinajstić information content (AvgIpc) is 2.75. The zero-order valence-electron chi connectivity index (χ0n) is 10.00. The molecule has 1 aromatic carbocycles. The third-order valence-electron chi connectivity index (χ3n) is 2.55. The van der Waals surface area contributed by atoms with Crippen LogP contribution in [-0.4, -0.2) is 27.6 Å². The van der Waals surface area contributed by atoms with E-state index >= 15 is 0 Å². The SMILES string of the molecule is CN(Cc1cnn(C)c1)C(=O)c1ccccc1. The molecule has 0 N–H and O–H groups in total. The second-order valence-electron chi connectivity index (χ2n) is 4.05. The Balaban J connectivity index is 2.06. The minimum absolute atomic E-state index is 0.0226. The molecule has 0 spiro atoms. The molecular formula is C13H15N3O. The number of rotatable bonds is 3. The topological polar surface area (TPSA) is 38.1 Å². The summed E-state index contributed by atoms with van der Waals surface area (Å²) >= 11 is 0. The number of hydrogen-bond donors (Lipinski definition) is 0. The van der Waals surface area contributed by atoms with Gasteiger partial charge in [0.15, 0.2) is 0 Å². The maximum absolute atomic E-state index is 12.1. The Morgan fingerprint density at radius 3 is 2.65 bits per heavy atom. The average molecular weight is 229 g/mol. The van der Waals surface area contributed by atoms with Gasteiger partial charge in [-0.1, -0.05) is 18.2 Å². The van der Waals surface area contributed by atoms with Crippen LogP contribution in [0.5, 0.6) is 0 Å². The Morgan fingerprint density at radius 1 is 1.35 bits per heavy atom. The molecule has 0 saturated carbocycles.